The first kappa shape index (κ1) is 25.6. The summed E-state index contributed by atoms with van der Waals surface area (Å²) < 4.78 is 33.4. The summed E-state index contributed by atoms with van der Waals surface area (Å²) in [5.41, 5.74) is 0. The van der Waals surface area contributed by atoms with Gasteiger partial charge >= 0.3 is 0 Å². The van der Waals surface area contributed by atoms with Crippen molar-refractivity contribution in [3.8, 4) is 5.88 Å². The second kappa shape index (κ2) is 11.9. The Hall–Kier alpha value is -2.04. The van der Waals surface area contributed by atoms with E-state index in [1.54, 1.807) is 12.1 Å². The highest BCUT2D eigenvalue weighted by Crippen LogP contribution is 2.22. The Morgan fingerprint density at radius 3 is 2.39 bits per heavy atom. The van der Waals surface area contributed by atoms with Crippen molar-refractivity contribution in [2.45, 2.75) is 88.4 Å². The molecule has 0 bridgehead atoms. The fourth-order valence-corrected chi connectivity index (χ4v) is 4.40. The average molecular weight is 481 g/mol. The molecule has 0 aromatic carbocycles. The van der Waals surface area contributed by atoms with Gasteiger partial charge in [-0.2, -0.15) is 4.98 Å². The van der Waals surface area contributed by atoms with Crippen LogP contribution in [0.2, 0.25) is 0 Å². The first-order valence-corrected chi connectivity index (χ1v) is 13.7. The summed E-state index contributed by atoms with van der Waals surface area (Å²) in [4.78, 5) is 10.8. The predicted molar refractivity (Wildman–Crippen MR) is 124 cm³/mol. The number of aliphatic hydroxyl groups excluding tert-OH is 1. The minimum absolute atomic E-state index is 0.134. The van der Waals surface area contributed by atoms with E-state index in [9.17, 15) is 13.5 Å². The van der Waals surface area contributed by atoms with Gasteiger partial charge in [0.15, 0.2) is 15.7 Å². The van der Waals surface area contributed by atoms with Gasteiger partial charge in [-0.3, -0.25) is 4.90 Å². The Balaban J connectivity index is 0.000000186. The van der Waals surface area contributed by atoms with E-state index < -0.39 is 9.84 Å². The van der Waals surface area contributed by atoms with E-state index in [0.717, 1.165) is 44.6 Å². The molecule has 1 aliphatic carbocycles. The van der Waals surface area contributed by atoms with E-state index in [4.69, 9.17) is 9.26 Å². The van der Waals surface area contributed by atoms with Crippen LogP contribution in [0.15, 0.2) is 27.7 Å². The Morgan fingerprint density at radius 2 is 1.85 bits per heavy atom. The largest absolute Gasteiger partial charge is 0.474 e. The zero-order chi connectivity index (χ0) is 23.8. The number of piperidine rings is 1. The molecule has 0 radical (unpaired) electrons. The topological polar surface area (TPSA) is 119 Å². The number of ether oxygens (including phenoxy) is 1. The van der Waals surface area contributed by atoms with Crippen molar-refractivity contribution in [1.82, 2.24) is 20.0 Å². The standard InChI is InChI=1S/C12H17NO3S.C11H19N3O2/c1-17(14,15)11-7-8-12(13-9-11)16-10-5-3-2-4-6-10;1-8(2)11-12-10(16-13-11)7-14-5-3-9(15)4-6-14/h7-10H,2-6H2,1H3;8-9,15H,3-7H2,1-2H3. The summed E-state index contributed by atoms with van der Waals surface area (Å²) in [6.45, 7) is 6.60. The van der Waals surface area contributed by atoms with Crippen molar-refractivity contribution < 1.29 is 22.8 Å². The second-order valence-corrected chi connectivity index (χ2v) is 11.2. The number of aromatic nitrogens is 3. The molecule has 0 amide bonds. The molecule has 1 saturated carbocycles. The Labute approximate surface area is 196 Å². The van der Waals surface area contributed by atoms with Crippen molar-refractivity contribution in [3.63, 3.8) is 0 Å². The SMILES string of the molecule is CC(C)c1noc(CN2CCC(O)CC2)n1.CS(=O)(=O)c1ccc(OC2CCCCC2)nc1. The highest BCUT2D eigenvalue weighted by molar-refractivity contribution is 7.90. The Bertz CT molecular complexity index is 947. The molecular weight excluding hydrogens is 444 g/mol. The van der Waals surface area contributed by atoms with Crippen LogP contribution in [-0.4, -0.2) is 65.1 Å². The molecule has 184 valence electrons. The smallest absolute Gasteiger partial charge is 0.240 e. The molecule has 10 heteroatoms. The van der Waals surface area contributed by atoms with Crippen LogP contribution in [0.3, 0.4) is 0 Å². The minimum Gasteiger partial charge on any atom is -0.474 e. The van der Waals surface area contributed by atoms with E-state index in [-0.39, 0.29) is 17.1 Å². The lowest BCUT2D eigenvalue weighted by Crippen LogP contribution is -2.35. The maximum atomic E-state index is 11.3. The summed E-state index contributed by atoms with van der Waals surface area (Å²) in [5, 5.41) is 13.3. The van der Waals surface area contributed by atoms with E-state index in [2.05, 4.69) is 20.0 Å². The van der Waals surface area contributed by atoms with Gasteiger partial charge in [0.05, 0.1) is 17.5 Å². The lowest BCUT2D eigenvalue weighted by atomic mass is 9.98. The molecule has 33 heavy (non-hydrogen) atoms. The summed E-state index contributed by atoms with van der Waals surface area (Å²) in [7, 11) is -3.17. The number of hydrogen-bond donors (Lipinski definition) is 1. The normalized spacial score (nSPS) is 18.7. The molecule has 2 fully saturated rings. The molecule has 0 unspecified atom stereocenters. The summed E-state index contributed by atoms with van der Waals surface area (Å²) in [6, 6.07) is 3.17. The van der Waals surface area contributed by atoms with Gasteiger partial charge in [-0.15, -0.1) is 0 Å². The zero-order valence-electron chi connectivity index (χ0n) is 19.8. The number of rotatable bonds is 6. The van der Waals surface area contributed by atoms with Gasteiger partial charge in [-0.05, 0) is 44.6 Å². The molecular formula is C23H36N4O5S. The van der Waals surface area contributed by atoms with Crippen LogP contribution in [-0.2, 0) is 16.4 Å². The number of hydrogen-bond acceptors (Lipinski definition) is 9. The van der Waals surface area contributed by atoms with E-state index in [1.165, 1.54) is 31.7 Å². The minimum atomic E-state index is -3.17. The molecule has 0 spiro atoms. The molecule has 1 saturated heterocycles. The van der Waals surface area contributed by atoms with Crippen LogP contribution in [0.5, 0.6) is 5.88 Å². The fraction of sp³-hybridized carbons (Fsp3) is 0.696. The summed E-state index contributed by atoms with van der Waals surface area (Å²) in [5.74, 6) is 2.28. The average Bonchev–Trinajstić information content (AvgIpc) is 3.25. The van der Waals surface area contributed by atoms with E-state index >= 15 is 0 Å². The highest BCUT2D eigenvalue weighted by atomic mass is 32.2. The summed E-state index contributed by atoms with van der Waals surface area (Å²) >= 11 is 0. The van der Waals surface area contributed by atoms with Crippen LogP contribution in [0.1, 0.15) is 76.4 Å². The third-order valence-electron chi connectivity index (χ3n) is 5.89. The first-order valence-electron chi connectivity index (χ1n) is 11.8. The molecule has 1 N–H and O–H groups in total. The van der Waals surface area contributed by atoms with Crippen molar-refractivity contribution in [3.05, 3.63) is 30.0 Å². The number of aliphatic hydroxyl groups is 1. The van der Waals surface area contributed by atoms with E-state index in [0.29, 0.717) is 24.2 Å². The maximum absolute atomic E-state index is 11.3. The van der Waals surface area contributed by atoms with Gasteiger partial charge in [0, 0.05) is 37.5 Å². The van der Waals surface area contributed by atoms with E-state index in [1.807, 2.05) is 13.8 Å². The van der Waals surface area contributed by atoms with Crippen molar-refractivity contribution in [2.75, 3.05) is 19.3 Å². The third-order valence-corrected chi connectivity index (χ3v) is 6.99. The third kappa shape index (κ3) is 8.35. The maximum Gasteiger partial charge on any atom is 0.240 e. The number of likely N-dealkylation sites (tertiary alicyclic amines) is 1. The zero-order valence-corrected chi connectivity index (χ0v) is 20.6. The van der Waals surface area contributed by atoms with Gasteiger partial charge in [-0.1, -0.05) is 25.4 Å². The number of pyridine rings is 1. The molecule has 9 nitrogen and oxygen atoms in total. The predicted octanol–water partition coefficient (Wildman–Crippen LogP) is 3.35. The molecule has 4 rings (SSSR count). The van der Waals surface area contributed by atoms with Crippen molar-refractivity contribution in [1.29, 1.82) is 0 Å². The van der Waals surface area contributed by atoms with Gasteiger partial charge < -0.3 is 14.4 Å². The molecule has 1 aliphatic heterocycles. The lowest BCUT2D eigenvalue weighted by Gasteiger charge is -2.27. The van der Waals surface area contributed by atoms with Gasteiger partial charge in [-0.25, -0.2) is 13.4 Å². The molecule has 2 aromatic rings. The van der Waals surface area contributed by atoms with Gasteiger partial charge in [0.2, 0.25) is 11.8 Å². The van der Waals surface area contributed by atoms with Gasteiger partial charge in [0.1, 0.15) is 6.10 Å². The monoisotopic (exact) mass is 480 g/mol. The fourth-order valence-electron chi connectivity index (χ4n) is 3.85. The molecule has 3 heterocycles. The van der Waals surface area contributed by atoms with Gasteiger partial charge in [0.25, 0.3) is 0 Å². The molecule has 2 aliphatic rings. The van der Waals surface area contributed by atoms with Crippen molar-refractivity contribution >= 4 is 9.84 Å². The van der Waals surface area contributed by atoms with Crippen LogP contribution >= 0.6 is 0 Å². The molecule has 0 atom stereocenters. The van der Waals surface area contributed by atoms with Crippen LogP contribution in [0.4, 0.5) is 0 Å². The second-order valence-electron chi connectivity index (χ2n) is 9.19. The van der Waals surface area contributed by atoms with Crippen molar-refractivity contribution in [2.24, 2.45) is 0 Å². The number of sulfone groups is 1. The number of nitrogens with zero attached hydrogens (tertiary/aromatic N) is 4. The highest BCUT2D eigenvalue weighted by Gasteiger charge is 2.20. The van der Waals surface area contributed by atoms with Crippen LogP contribution in [0, 0.1) is 0 Å². The van der Waals surface area contributed by atoms with Crippen LogP contribution < -0.4 is 4.74 Å². The molecule has 2 aromatic heterocycles. The Kier molecular flexibility index (Phi) is 9.22. The summed E-state index contributed by atoms with van der Waals surface area (Å²) in [6.07, 6.45) is 10.1. The quantitative estimate of drug-likeness (QED) is 0.664. The Morgan fingerprint density at radius 1 is 1.15 bits per heavy atom. The lowest BCUT2D eigenvalue weighted by molar-refractivity contribution is 0.0740. The first-order chi connectivity index (χ1) is 15.7. The van der Waals surface area contributed by atoms with Crippen LogP contribution in [0.25, 0.3) is 0 Å².